The standard InChI is InChI=1S/C21H26FN3O/c1-16-2-3-19(22)18(12-16)14-24-9-6-21-20(15-24)25(10-11-26-21)13-17-4-7-23-8-5-17/h2-5,7-8,12,20-21H,6,9-11,13-15H2,1H3/t20-,21-/m1/s1. The molecule has 0 bridgehead atoms. The van der Waals surface area contributed by atoms with Gasteiger partial charge in [-0.1, -0.05) is 17.7 Å². The minimum Gasteiger partial charge on any atom is -0.375 e. The summed E-state index contributed by atoms with van der Waals surface area (Å²) in [6.07, 6.45) is 4.98. The van der Waals surface area contributed by atoms with Crippen molar-refractivity contribution in [2.24, 2.45) is 0 Å². The third-order valence-electron chi connectivity index (χ3n) is 5.51. The largest absolute Gasteiger partial charge is 0.375 e. The highest BCUT2D eigenvalue weighted by Crippen LogP contribution is 2.26. The molecule has 0 spiro atoms. The van der Waals surface area contributed by atoms with Gasteiger partial charge in [0.2, 0.25) is 0 Å². The molecular weight excluding hydrogens is 329 g/mol. The minimum atomic E-state index is -0.105. The van der Waals surface area contributed by atoms with Crippen molar-refractivity contribution in [1.29, 1.82) is 0 Å². The highest BCUT2D eigenvalue weighted by atomic mass is 19.1. The maximum absolute atomic E-state index is 14.2. The molecule has 0 amide bonds. The molecule has 138 valence electrons. The Kier molecular flexibility index (Phi) is 5.29. The molecule has 2 saturated heterocycles. The van der Waals surface area contributed by atoms with E-state index >= 15 is 0 Å². The van der Waals surface area contributed by atoms with Crippen molar-refractivity contribution < 1.29 is 9.13 Å². The first-order valence-corrected chi connectivity index (χ1v) is 9.41. The molecule has 2 aromatic rings. The molecule has 0 N–H and O–H groups in total. The number of halogens is 1. The number of pyridine rings is 1. The van der Waals surface area contributed by atoms with Gasteiger partial charge in [0.05, 0.1) is 12.7 Å². The second-order valence-electron chi connectivity index (χ2n) is 7.42. The Bertz CT molecular complexity index is 739. The molecule has 5 heteroatoms. The molecule has 1 aromatic heterocycles. The lowest BCUT2D eigenvalue weighted by Crippen LogP contribution is -2.59. The van der Waals surface area contributed by atoms with Crippen LogP contribution < -0.4 is 0 Å². The summed E-state index contributed by atoms with van der Waals surface area (Å²) < 4.78 is 20.2. The quantitative estimate of drug-likeness (QED) is 0.843. The number of piperidine rings is 1. The zero-order valence-corrected chi connectivity index (χ0v) is 15.3. The summed E-state index contributed by atoms with van der Waals surface area (Å²) in [6, 6.07) is 9.89. The Morgan fingerprint density at radius 2 is 2.00 bits per heavy atom. The summed E-state index contributed by atoms with van der Waals surface area (Å²) in [6.45, 7) is 7.20. The van der Waals surface area contributed by atoms with Crippen LogP contribution in [-0.2, 0) is 17.8 Å². The molecule has 3 heterocycles. The predicted molar refractivity (Wildman–Crippen MR) is 99.2 cm³/mol. The second-order valence-corrected chi connectivity index (χ2v) is 7.42. The van der Waals surface area contributed by atoms with E-state index in [1.165, 1.54) is 5.56 Å². The third kappa shape index (κ3) is 3.95. The average molecular weight is 355 g/mol. The number of likely N-dealkylation sites (tertiary alicyclic amines) is 1. The second kappa shape index (κ2) is 7.82. The van der Waals surface area contributed by atoms with Gasteiger partial charge in [0.1, 0.15) is 5.82 Å². The summed E-state index contributed by atoms with van der Waals surface area (Å²) in [5, 5.41) is 0. The molecule has 1 aromatic carbocycles. The van der Waals surface area contributed by atoms with Crippen molar-refractivity contribution in [3.8, 4) is 0 Å². The highest BCUT2D eigenvalue weighted by molar-refractivity contribution is 5.24. The number of aryl methyl sites for hydroxylation is 1. The van der Waals surface area contributed by atoms with Crippen LogP contribution in [0.1, 0.15) is 23.1 Å². The molecule has 0 saturated carbocycles. The van der Waals surface area contributed by atoms with Crippen LogP contribution in [0.3, 0.4) is 0 Å². The fraction of sp³-hybridized carbons (Fsp3) is 0.476. The first-order chi connectivity index (χ1) is 12.7. The smallest absolute Gasteiger partial charge is 0.127 e. The Hall–Kier alpha value is -1.82. The number of morpholine rings is 1. The number of benzene rings is 1. The predicted octanol–water partition coefficient (Wildman–Crippen LogP) is 3.00. The Morgan fingerprint density at radius 3 is 2.85 bits per heavy atom. The van der Waals surface area contributed by atoms with Crippen LogP contribution >= 0.6 is 0 Å². The van der Waals surface area contributed by atoms with Gasteiger partial charge < -0.3 is 4.74 Å². The molecule has 0 aliphatic carbocycles. The molecule has 2 aliphatic rings. The van der Waals surface area contributed by atoms with Gasteiger partial charge in [0, 0.05) is 56.7 Å². The molecule has 0 radical (unpaired) electrons. The summed E-state index contributed by atoms with van der Waals surface area (Å²) >= 11 is 0. The van der Waals surface area contributed by atoms with Crippen molar-refractivity contribution in [3.63, 3.8) is 0 Å². The molecule has 4 nitrogen and oxygen atoms in total. The monoisotopic (exact) mass is 355 g/mol. The van der Waals surface area contributed by atoms with Crippen LogP contribution in [0.15, 0.2) is 42.7 Å². The van der Waals surface area contributed by atoms with Gasteiger partial charge in [-0.25, -0.2) is 4.39 Å². The van der Waals surface area contributed by atoms with Crippen molar-refractivity contribution >= 4 is 0 Å². The van der Waals surface area contributed by atoms with Crippen molar-refractivity contribution in [2.45, 2.75) is 38.6 Å². The molecule has 2 atom stereocenters. The normalized spacial score (nSPS) is 24.4. The Morgan fingerprint density at radius 1 is 1.15 bits per heavy atom. The number of ether oxygens (including phenoxy) is 1. The van der Waals surface area contributed by atoms with Gasteiger partial charge >= 0.3 is 0 Å². The number of hydrogen-bond acceptors (Lipinski definition) is 4. The van der Waals surface area contributed by atoms with E-state index in [1.807, 2.05) is 31.5 Å². The van der Waals surface area contributed by atoms with Gasteiger partial charge in [0.25, 0.3) is 0 Å². The van der Waals surface area contributed by atoms with E-state index in [-0.39, 0.29) is 11.9 Å². The molecule has 4 rings (SSSR count). The maximum atomic E-state index is 14.2. The van der Waals surface area contributed by atoms with E-state index in [2.05, 4.69) is 26.9 Å². The summed E-state index contributed by atoms with van der Waals surface area (Å²) in [7, 11) is 0. The summed E-state index contributed by atoms with van der Waals surface area (Å²) in [5.41, 5.74) is 3.18. The van der Waals surface area contributed by atoms with Crippen molar-refractivity contribution in [3.05, 3.63) is 65.2 Å². The van der Waals surface area contributed by atoms with Gasteiger partial charge in [-0.2, -0.15) is 0 Å². The van der Waals surface area contributed by atoms with E-state index in [4.69, 9.17) is 4.74 Å². The van der Waals surface area contributed by atoms with Crippen LogP contribution in [0.5, 0.6) is 0 Å². The van der Waals surface area contributed by atoms with Gasteiger partial charge in [0.15, 0.2) is 0 Å². The zero-order chi connectivity index (χ0) is 17.9. The first-order valence-electron chi connectivity index (χ1n) is 9.41. The van der Waals surface area contributed by atoms with Crippen LogP contribution in [-0.4, -0.2) is 53.2 Å². The maximum Gasteiger partial charge on any atom is 0.127 e. The average Bonchev–Trinajstić information content (AvgIpc) is 2.66. The summed E-state index contributed by atoms with van der Waals surface area (Å²) in [4.78, 5) is 8.99. The van der Waals surface area contributed by atoms with Crippen molar-refractivity contribution in [1.82, 2.24) is 14.8 Å². The Balaban J connectivity index is 1.45. The highest BCUT2D eigenvalue weighted by Gasteiger charge is 2.37. The van der Waals surface area contributed by atoms with Crippen LogP contribution in [0, 0.1) is 12.7 Å². The fourth-order valence-electron chi connectivity index (χ4n) is 4.14. The number of fused-ring (bicyclic) bond motifs is 1. The number of nitrogens with zero attached hydrogens (tertiary/aromatic N) is 3. The molecule has 26 heavy (non-hydrogen) atoms. The zero-order valence-electron chi connectivity index (χ0n) is 15.3. The Labute approximate surface area is 154 Å². The van der Waals surface area contributed by atoms with Crippen LogP contribution in [0.2, 0.25) is 0 Å². The van der Waals surface area contributed by atoms with Gasteiger partial charge in [-0.15, -0.1) is 0 Å². The summed E-state index contributed by atoms with van der Waals surface area (Å²) in [5.74, 6) is -0.105. The number of rotatable bonds is 4. The lowest BCUT2D eigenvalue weighted by atomic mass is 9.97. The first kappa shape index (κ1) is 17.6. The van der Waals surface area contributed by atoms with Crippen molar-refractivity contribution in [2.75, 3.05) is 26.2 Å². The molecule has 2 fully saturated rings. The van der Waals surface area contributed by atoms with E-state index in [9.17, 15) is 4.39 Å². The number of aromatic nitrogens is 1. The van der Waals surface area contributed by atoms with E-state index in [0.717, 1.165) is 50.3 Å². The molecule has 0 unspecified atom stereocenters. The topological polar surface area (TPSA) is 28.6 Å². The van der Waals surface area contributed by atoms with Gasteiger partial charge in [-0.3, -0.25) is 14.8 Å². The number of hydrogen-bond donors (Lipinski definition) is 0. The van der Waals surface area contributed by atoms with Crippen LogP contribution in [0.4, 0.5) is 4.39 Å². The third-order valence-corrected chi connectivity index (χ3v) is 5.51. The van der Waals surface area contributed by atoms with E-state index in [1.54, 1.807) is 6.07 Å². The molecular formula is C21H26FN3O. The van der Waals surface area contributed by atoms with E-state index < -0.39 is 0 Å². The van der Waals surface area contributed by atoms with E-state index in [0.29, 0.717) is 12.6 Å². The lowest BCUT2D eigenvalue weighted by Gasteiger charge is -2.47. The van der Waals surface area contributed by atoms with Gasteiger partial charge in [-0.05, 0) is 37.1 Å². The fourth-order valence-corrected chi connectivity index (χ4v) is 4.14. The SMILES string of the molecule is Cc1ccc(F)c(CN2CC[C@H]3OCCN(Cc4ccncc4)[C@@H]3C2)c1. The molecule has 2 aliphatic heterocycles. The minimum absolute atomic E-state index is 0.105. The lowest BCUT2D eigenvalue weighted by molar-refractivity contribution is -0.107. The van der Waals surface area contributed by atoms with Crippen LogP contribution in [0.25, 0.3) is 0 Å².